The molecule has 2 bridgehead atoms. The number of morpholine rings is 1. The summed E-state index contributed by atoms with van der Waals surface area (Å²) in [4.78, 5) is 28.5. The van der Waals surface area contributed by atoms with Crippen LogP contribution < -0.4 is 4.90 Å². The van der Waals surface area contributed by atoms with E-state index in [1.807, 2.05) is 4.90 Å². The number of aliphatic hydroxyl groups is 1. The molecule has 3 aliphatic heterocycles. The van der Waals surface area contributed by atoms with Crippen LogP contribution in [0.1, 0.15) is 48.0 Å². The van der Waals surface area contributed by atoms with E-state index < -0.39 is 0 Å². The van der Waals surface area contributed by atoms with E-state index >= 15 is 0 Å². The van der Waals surface area contributed by atoms with Gasteiger partial charge in [0.2, 0.25) is 0 Å². The first kappa shape index (κ1) is 17.9. The van der Waals surface area contributed by atoms with Gasteiger partial charge >= 0.3 is 0 Å². The molecule has 2 atom stereocenters. The summed E-state index contributed by atoms with van der Waals surface area (Å²) in [5, 5.41) is 21.1. The number of amides is 1. The number of nitro groups is 1. The van der Waals surface area contributed by atoms with E-state index in [4.69, 9.17) is 4.74 Å². The minimum Gasteiger partial charge on any atom is -0.396 e. The molecule has 3 fully saturated rings. The second-order valence-corrected chi connectivity index (χ2v) is 8.54. The largest absolute Gasteiger partial charge is 0.396 e. The first-order valence-corrected chi connectivity index (χ1v) is 10.2. The summed E-state index contributed by atoms with van der Waals surface area (Å²) in [5.74, 6) is 0.316. The van der Waals surface area contributed by atoms with Crippen LogP contribution in [0.5, 0.6) is 0 Å². The number of rotatable bonds is 4. The van der Waals surface area contributed by atoms with E-state index in [0.717, 1.165) is 37.7 Å². The maximum atomic E-state index is 13.1. The van der Waals surface area contributed by atoms with Crippen LogP contribution in [0.3, 0.4) is 0 Å². The zero-order chi connectivity index (χ0) is 19.4. The van der Waals surface area contributed by atoms with Gasteiger partial charge in [-0.25, -0.2) is 0 Å². The van der Waals surface area contributed by atoms with Crippen LogP contribution in [-0.2, 0) is 11.3 Å². The molecule has 1 saturated carbocycles. The molecule has 0 aromatic heterocycles. The Labute approximate surface area is 163 Å². The fourth-order valence-corrected chi connectivity index (χ4v) is 5.36. The highest BCUT2D eigenvalue weighted by Gasteiger charge is 2.43. The number of carbonyl (C=O) groups excluding carboxylic acids is 1. The number of aliphatic hydroxyl groups excluding tert-OH is 1. The standard InChI is InChI=1S/C20H25N3O5/c24-10-12-1-3-14(4-2-12)22-8-13-5-19(23(26)27)18(7-17(13)20(22)25)21-9-16-6-15(21)11-28-16/h5,7,12,14-16,24H,1-4,6,8-11H2/t12-,14-,15-,16-/m0/s1. The quantitative estimate of drug-likeness (QED) is 0.628. The van der Waals surface area contributed by atoms with E-state index in [2.05, 4.69) is 4.90 Å². The molecule has 3 heterocycles. The molecule has 2 saturated heterocycles. The van der Waals surface area contributed by atoms with Gasteiger partial charge in [-0.3, -0.25) is 14.9 Å². The molecule has 5 rings (SSSR count). The molecule has 1 aromatic carbocycles. The third-order valence-electron chi connectivity index (χ3n) is 6.95. The van der Waals surface area contributed by atoms with Gasteiger partial charge in [0.1, 0.15) is 5.69 Å². The number of fused-ring (bicyclic) bond motifs is 3. The van der Waals surface area contributed by atoms with Crippen LogP contribution >= 0.6 is 0 Å². The Kier molecular flexibility index (Phi) is 4.28. The Morgan fingerprint density at radius 3 is 2.57 bits per heavy atom. The highest BCUT2D eigenvalue weighted by Crippen LogP contribution is 2.42. The maximum absolute atomic E-state index is 13.1. The molecule has 28 heavy (non-hydrogen) atoms. The molecular weight excluding hydrogens is 362 g/mol. The summed E-state index contributed by atoms with van der Waals surface area (Å²) in [6.07, 6.45) is 4.63. The van der Waals surface area contributed by atoms with E-state index in [1.165, 1.54) is 0 Å². The van der Waals surface area contributed by atoms with Crippen molar-refractivity contribution < 1.29 is 19.6 Å². The maximum Gasteiger partial charge on any atom is 0.292 e. The molecule has 1 amide bonds. The Morgan fingerprint density at radius 2 is 1.96 bits per heavy atom. The van der Waals surface area contributed by atoms with Crippen LogP contribution in [0.4, 0.5) is 11.4 Å². The zero-order valence-corrected chi connectivity index (χ0v) is 15.7. The smallest absolute Gasteiger partial charge is 0.292 e. The Hall–Kier alpha value is -2.19. The highest BCUT2D eigenvalue weighted by molar-refractivity contribution is 6.00. The topological polar surface area (TPSA) is 96.2 Å². The summed E-state index contributed by atoms with van der Waals surface area (Å²) < 4.78 is 5.63. The molecule has 0 unspecified atom stereocenters. The Morgan fingerprint density at radius 1 is 1.18 bits per heavy atom. The number of hydrogen-bond donors (Lipinski definition) is 1. The van der Waals surface area contributed by atoms with Gasteiger partial charge in [-0.1, -0.05) is 0 Å². The predicted molar refractivity (Wildman–Crippen MR) is 101 cm³/mol. The van der Waals surface area contributed by atoms with E-state index in [9.17, 15) is 20.0 Å². The van der Waals surface area contributed by atoms with Crippen LogP contribution in [0, 0.1) is 16.0 Å². The van der Waals surface area contributed by atoms with Gasteiger partial charge in [0, 0.05) is 37.4 Å². The highest BCUT2D eigenvalue weighted by atomic mass is 16.6. The zero-order valence-electron chi connectivity index (χ0n) is 15.7. The van der Waals surface area contributed by atoms with Gasteiger partial charge in [-0.2, -0.15) is 0 Å². The van der Waals surface area contributed by atoms with Crippen molar-refractivity contribution in [2.75, 3.05) is 24.7 Å². The van der Waals surface area contributed by atoms with Gasteiger partial charge in [0.25, 0.3) is 11.6 Å². The molecular formula is C20H25N3O5. The lowest BCUT2D eigenvalue weighted by atomic mass is 9.86. The van der Waals surface area contributed by atoms with Crippen LogP contribution in [0.2, 0.25) is 0 Å². The molecule has 1 aromatic rings. The van der Waals surface area contributed by atoms with E-state index in [0.29, 0.717) is 36.9 Å². The van der Waals surface area contributed by atoms with Crippen molar-refractivity contribution in [1.29, 1.82) is 0 Å². The van der Waals surface area contributed by atoms with Crippen LogP contribution in [0.15, 0.2) is 12.1 Å². The molecule has 1 aliphatic carbocycles. The number of hydrogen-bond acceptors (Lipinski definition) is 6. The lowest BCUT2D eigenvalue weighted by Crippen LogP contribution is -2.38. The van der Waals surface area contributed by atoms with E-state index in [-0.39, 0.29) is 41.3 Å². The molecule has 4 aliphatic rings. The Balaban J connectivity index is 1.43. The third kappa shape index (κ3) is 2.78. The lowest BCUT2D eigenvalue weighted by Gasteiger charge is -2.34. The number of ether oxygens (including phenoxy) is 1. The van der Waals surface area contributed by atoms with Gasteiger partial charge in [0.15, 0.2) is 0 Å². The average molecular weight is 387 g/mol. The predicted octanol–water partition coefficient (Wildman–Crippen LogP) is 2.08. The van der Waals surface area contributed by atoms with Crippen LogP contribution in [-0.4, -0.2) is 58.8 Å². The SMILES string of the molecule is O=C1c2cc(N3C[C@@H]4C[C@H]3CO4)c([N+](=O)[O-])cc2CN1[C@H]1CC[C@H](CO)CC1. The fraction of sp³-hybridized carbons (Fsp3) is 0.650. The summed E-state index contributed by atoms with van der Waals surface area (Å²) in [5.41, 5.74) is 2.00. The normalized spacial score (nSPS) is 31.5. The van der Waals surface area contributed by atoms with Crippen molar-refractivity contribution in [2.45, 2.75) is 56.8 Å². The summed E-state index contributed by atoms with van der Waals surface area (Å²) in [6, 6.07) is 3.66. The molecule has 1 N–H and O–H groups in total. The number of nitrogens with zero attached hydrogens (tertiary/aromatic N) is 3. The van der Waals surface area contributed by atoms with Crippen molar-refractivity contribution in [2.24, 2.45) is 5.92 Å². The molecule has 8 heteroatoms. The lowest BCUT2D eigenvalue weighted by molar-refractivity contribution is -0.384. The van der Waals surface area contributed by atoms with Gasteiger partial charge in [-0.15, -0.1) is 0 Å². The van der Waals surface area contributed by atoms with Gasteiger partial charge in [0.05, 0.1) is 23.7 Å². The second-order valence-electron chi connectivity index (χ2n) is 8.54. The minimum absolute atomic E-state index is 0.0146. The Bertz CT molecular complexity index is 820. The number of carbonyl (C=O) groups is 1. The minimum atomic E-state index is -0.331. The fourth-order valence-electron chi connectivity index (χ4n) is 5.36. The second kappa shape index (κ2) is 6.70. The van der Waals surface area contributed by atoms with Crippen molar-refractivity contribution in [3.63, 3.8) is 0 Å². The van der Waals surface area contributed by atoms with Crippen molar-refractivity contribution >= 4 is 17.3 Å². The first-order chi connectivity index (χ1) is 13.5. The average Bonchev–Trinajstić information content (AvgIpc) is 3.42. The third-order valence-corrected chi connectivity index (χ3v) is 6.95. The monoisotopic (exact) mass is 387 g/mol. The van der Waals surface area contributed by atoms with Gasteiger partial charge in [-0.05, 0) is 49.7 Å². The molecule has 150 valence electrons. The van der Waals surface area contributed by atoms with E-state index in [1.54, 1.807) is 12.1 Å². The number of anilines is 1. The number of benzene rings is 1. The van der Waals surface area contributed by atoms with Crippen LogP contribution in [0.25, 0.3) is 0 Å². The molecule has 0 radical (unpaired) electrons. The van der Waals surface area contributed by atoms with Crippen molar-refractivity contribution in [3.05, 3.63) is 33.4 Å². The summed E-state index contributed by atoms with van der Waals surface area (Å²) in [6.45, 7) is 1.89. The number of nitro benzene ring substituents is 1. The van der Waals surface area contributed by atoms with Crippen molar-refractivity contribution in [1.82, 2.24) is 4.90 Å². The van der Waals surface area contributed by atoms with Crippen molar-refractivity contribution in [3.8, 4) is 0 Å². The first-order valence-electron chi connectivity index (χ1n) is 10.2. The summed E-state index contributed by atoms with van der Waals surface area (Å²) >= 11 is 0. The molecule has 8 nitrogen and oxygen atoms in total. The summed E-state index contributed by atoms with van der Waals surface area (Å²) in [7, 11) is 0. The molecule has 0 spiro atoms. The van der Waals surface area contributed by atoms with Gasteiger partial charge < -0.3 is 19.6 Å².